The lowest BCUT2D eigenvalue weighted by Crippen LogP contribution is -2.42. The molecule has 0 bridgehead atoms. The van der Waals surface area contributed by atoms with Gasteiger partial charge in [-0.2, -0.15) is 0 Å². The van der Waals surface area contributed by atoms with Crippen LogP contribution in [0.25, 0.3) is 0 Å². The highest BCUT2D eigenvalue weighted by atomic mass is 32.1. The van der Waals surface area contributed by atoms with E-state index in [-0.39, 0.29) is 22.7 Å². The zero-order valence-corrected chi connectivity index (χ0v) is 12.5. The van der Waals surface area contributed by atoms with Crippen molar-refractivity contribution < 1.29 is 9.59 Å². The molecular weight excluding hydrogens is 262 g/mol. The molecule has 1 rings (SSSR count). The molecule has 1 aliphatic rings. The molecule has 0 radical (unpaired) electrons. The molecule has 1 atom stereocenters. The van der Waals surface area contributed by atoms with Crippen LogP contribution in [0.3, 0.4) is 0 Å². The van der Waals surface area contributed by atoms with Gasteiger partial charge < -0.3 is 16.0 Å². The average Bonchev–Trinajstić information content (AvgIpc) is 2.80. The monoisotopic (exact) mass is 285 g/mol. The van der Waals surface area contributed by atoms with E-state index in [4.69, 9.17) is 18.0 Å². The van der Waals surface area contributed by atoms with Crippen LogP contribution in [-0.4, -0.2) is 41.3 Å². The van der Waals surface area contributed by atoms with Gasteiger partial charge in [0.1, 0.15) is 0 Å². The summed E-state index contributed by atoms with van der Waals surface area (Å²) in [6.45, 7) is 5.83. The van der Waals surface area contributed by atoms with Gasteiger partial charge in [0.25, 0.3) is 0 Å². The first-order valence-corrected chi connectivity index (χ1v) is 7.19. The van der Waals surface area contributed by atoms with Crippen molar-refractivity contribution in [1.29, 1.82) is 0 Å². The Balaban J connectivity index is 2.33. The Kier molecular flexibility index (Phi) is 6.21. The second kappa shape index (κ2) is 7.43. The van der Waals surface area contributed by atoms with Crippen molar-refractivity contribution in [2.75, 3.05) is 19.6 Å². The number of hydrogen-bond donors (Lipinski definition) is 2. The molecule has 0 aliphatic carbocycles. The van der Waals surface area contributed by atoms with Crippen LogP contribution in [0.1, 0.15) is 33.1 Å². The molecule has 0 aromatic rings. The van der Waals surface area contributed by atoms with Crippen molar-refractivity contribution in [2.45, 2.75) is 33.1 Å². The summed E-state index contributed by atoms with van der Waals surface area (Å²) in [5.41, 5.74) is 5.57. The van der Waals surface area contributed by atoms with Crippen LogP contribution in [0.4, 0.5) is 0 Å². The van der Waals surface area contributed by atoms with Crippen molar-refractivity contribution in [2.24, 2.45) is 17.6 Å². The average molecular weight is 285 g/mol. The predicted molar refractivity (Wildman–Crippen MR) is 78.6 cm³/mol. The number of carbonyl (C=O) groups is 2. The van der Waals surface area contributed by atoms with E-state index in [1.54, 1.807) is 0 Å². The van der Waals surface area contributed by atoms with Crippen LogP contribution in [0.2, 0.25) is 0 Å². The zero-order valence-electron chi connectivity index (χ0n) is 11.6. The Morgan fingerprint density at radius 1 is 1.32 bits per heavy atom. The summed E-state index contributed by atoms with van der Waals surface area (Å²) < 4.78 is 0. The van der Waals surface area contributed by atoms with Gasteiger partial charge in [-0.3, -0.25) is 9.59 Å². The molecule has 2 amide bonds. The summed E-state index contributed by atoms with van der Waals surface area (Å²) >= 11 is 4.90. The molecule has 1 saturated heterocycles. The number of nitrogens with zero attached hydrogens (tertiary/aromatic N) is 1. The van der Waals surface area contributed by atoms with Gasteiger partial charge in [0, 0.05) is 26.1 Å². The normalized spacial score (nSPS) is 16.5. The Hall–Kier alpha value is -1.17. The summed E-state index contributed by atoms with van der Waals surface area (Å²) in [6, 6.07) is 0. The van der Waals surface area contributed by atoms with Crippen LogP contribution in [-0.2, 0) is 9.59 Å². The number of amides is 2. The van der Waals surface area contributed by atoms with Gasteiger partial charge in [-0.15, -0.1) is 0 Å². The number of hydrogen-bond acceptors (Lipinski definition) is 3. The Bertz CT molecular complexity index is 352. The minimum absolute atomic E-state index is 0.0618. The summed E-state index contributed by atoms with van der Waals surface area (Å²) in [4.78, 5) is 25.8. The molecule has 1 heterocycles. The molecule has 0 saturated carbocycles. The van der Waals surface area contributed by atoms with Crippen LogP contribution in [0.15, 0.2) is 0 Å². The van der Waals surface area contributed by atoms with Crippen LogP contribution in [0.5, 0.6) is 0 Å². The number of carbonyl (C=O) groups excluding carboxylic acids is 2. The van der Waals surface area contributed by atoms with Gasteiger partial charge in [-0.05, 0) is 18.8 Å². The van der Waals surface area contributed by atoms with Gasteiger partial charge in [0.05, 0.1) is 10.9 Å². The van der Waals surface area contributed by atoms with Crippen LogP contribution >= 0.6 is 12.2 Å². The summed E-state index contributed by atoms with van der Waals surface area (Å²) in [6.07, 6.45) is 2.50. The van der Waals surface area contributed by atoms with E-state index in [1.165, 1.54) is 0 Å². The van der Waals surface area contributed by atoms with E-state index in [2.05, 4.69) is 5.32 Å². The molecule has 108 valence electrons. The minimum atomic E-state index is -0.461. The van der Waals surface area contributed by atoms with Gasteiger partial charge in [0.15, 0.2) is 0 Å². The third-order valence-electron chi connectivity index (χ3n) is 3.35. The lowest BCUT2D eigenvalue weighted by Gasteiger charge is -2.19. The van der Waals surface area contributed by atoms with Crippen molar-refractivity contribution in [3.8, 4) is 0 Å². The molecule has 0 aromatic heterocycles. The van der Waals surface area contributed by atoms with E-state index in [0.717, 1.165) is 25.9 Å². The molecule has 1 unspecified atom stereocenters. The quantitative estimate of drug-likeness (QED) is 0.704. The highest BCUT2D eigenvalue weighted by Crippen LogP contribution is 2.12. The molecule has 5 nitrogen and oxygen atoms in total. The number of rotatable bonds is 6. The number of nitrogens with one attached hydrogen (secondary N) is 1. The highest BCUT2D eigenvalue weighted by Gasteiger charge is 2.25. The first-order chi connectivity index (χ1) is 8.93. The molecule has 0 spiro atoms. The van der Waals surface area contributed by atoms with E-state index >= 15 is 0 Å². The predicted octanol–water partition coefficient (Wildman–Crippen LogP) is 0.673. The van der Waals surface area contributed by atoms with E-state index in [0.29, 0.717) is 13.0 Å². The van der Waals surface area contributed by atoms with Crippen molar-refractivity contribution in [3.05, 3.63) is 0 Å². The largest absolute Gasteiger partial charge is 0.393 e. The van der Waals surface area contributed by atoms with E-state index in [1.807, 2.05) is 18.7 Å². The van der Waals surface area contributed by atoms with Crippen LogP contribution < -0.4 is 11.1 Å². The molecule has 19 heavy (non-hydrogen) atoms. The lowest BCUT2D eigenvalue weighted by molar-refractivity contribution is -0.130. The standard InChI is InChI=1S/C13H23N3O2S/c1-9(2)11(12(14)19)13(18)15-6-5-10(17)16-7-3-4-8-16/h9,11H,3-8H2,1-2H3,(H2,14,19)(H,15,18). The number of thiocarbonyl (C=S) groups is 1. The number of likely N-dealkylation sites (tertiary alicyclic amines) is 1. The Morgan fingerprint density at radius 3 is 2.37 bits per heavy atom. The molecular formula is C13H23N3O2S. The first kappa shape index (κ1) is 15.9. The van der Waals surface area contributed by atoms with Crippen molar-refractivity contribution in [3.63, 3.8) is 0 Å². The summed E-state index contributed by atoms with van der Waals surface area (Å²) in [5, 5.41) is 2.75. The zero-order chi connectivity index (χ0) is 14.4. The fourth-order valence-electron chi connectivity index (χ4n) is 2.29. The van der Waals surface area contributed by atoms with Gasteiger partial charge in [0.2, 0.25) is 11.8 Å². The van der Waals surface area contributed by atoms with Crippen molar-refractivity contribution >= 4 is 29.0 Å². The summed E-state index contributed by atoms with van der Waals surface area (Å²) in [7, 11) is 0. The molecule has 1 fully saturated rings. The maximum absolute atomic E-state index is 11.9. The molecule has 1 aliphatic heterocycles. The fourth-order valence-corrected chi connectivity index (χ4v) is 2.67. The Morgan fingerprint density at radius 2 is 1.89 bits per heavy atom. The van der Waals surface area contributed by atoms with E-state index < -0.39 is 5.92 Å². The summed E-state index contributed by atoms with van der Waals surface area (Å²) in [5.74, 6) is -0.477. The lowest BCUT2D eigenvalue weighted by atomic mass is 9.95. The third kappa shape index (κ3) is 4.78. The molecule has 0 aromatic carbocycles. The molecule has 6 heteroatoms. The van der Waals surface area contributed by atoms with Gasteiger partial charge >= 0.3 is 0 Å². The number of nitrogens with two attached hydrogens (primary N) is 1. The Labute approximate surface area is 119 Å². The topological polar surface area (TPSA) is 75.4 Å². The van der Waals surface area contributed by atoms with E-state index in [9.17, 15) is 9.59 Å². The molecule has 3 N–H and O–H groups in total. The van der Waals surface area contributed by atoms with Gasteiger partial charge in [-0.1, -0.05) is 26.1 Å². The maximum Gasteiger partial charge on any atom is 0.230 e. The SMILES string of the molecule is CC(C)C(C(=O)NCCC(=O)N1CCCC1)C(N)=S. The highest BCUT2D eigenvalue weighted by molar-refractivity contribution is 7.80. The first-order valence-electron chi connectivity index (χ1n) is 6.78. The van der Waals surface area contributed by atoms with Crippen molar-refractivity contribution in [1.82, 2.24) is 10.2 Å². The van der Waals surface area contributed by atoms with Crippen LogP contribution in [0, 0.1) is 11.8 Å². The third-order valence-corrected chi connectivity index (χ3v) is 3.61. The minimum Gasteiger partial charge on any atom is -0.393 e. The second-order valence-corrected chi connectivity index (χ2v) is 5.72. The maximum atomic E-state index is 11.9. The van der Waals surface area contributed by atoms with Gasteiger partial charge in [-0.25, -0.2) is 0 Å². The second-order valence-electron chi connectivity index (χ2n) is 5.25. The fraction of sp³-hybridized carbons (Fsp3) is 0.769. The smallest absolute Gasteiger partial charge is 0.230 e.